The number of benzene rings is 2. The van der Waals surface area contributed by atoms with Gasteiger partial charge in [-0.1, -0.05) is 23.7 Å². The molecule has 0 atom stereocenters. The maximum absolute atomic E-state index is 12.5. The number of carbonyl (C=O) groups excluding carboxylic acids is 1. The van der Waals surface area contributed by atoms with Gasteiger partial charge < -0.3 is 5.32 Å². The fraction of sp³-hybridized carbons (Fsp3) is 0.0588. The van der Waals surface area contributed by atoms with Gasteiger partial charge in [0, 0.05) is 40.8 Å². The number of anilines is 2. The highest BCUT2D eigenvalue weighted by Crippen LogP contribution is 2.27. The first-order valence-corrected chi connectivity index (χ1v) is 8.72. The van der Waals surface area contributed by atoms with Crippen molar-refractivity contribution in [3.8, 4) is 11.3 Å². The molecule has 1 aromatic heterocycles. The minimum atomic E-state index is -0.543. The Morgan fingerprint density at radius 2 is 1.96 bits per heavy atom. The topological polar surface area (TPSA) is 97.2 Å². The van der Waals surface area contributed by atoms with E-state index in [0.717, 1.165) is 5.56 Å². The molecule has 0 unspecified atom stereocenters. The van der Waals surface area contributed by atoms with Crippen molar-refractivity contribution < 1.29 is 9.72 Å². The number of nitrogens with one attached hydrogen (secondary N) is 2. The van der Waals surface area contributed by atoms with Gasteiger partial charge in [-0.05, 0) is 18.2 Å². The van der Waals surface area contributed by atoms with E-state index in [4.69, 9.17) is 11.6 Å². The highest BCUT2D eigenvalue weighted by atomic mass is 35.5. The van der Waals surface area contributed by atoms with Gasteiger partial charge in [0.2, 0.25) is 0 Å². The number of halogens is 1. The van der Waals surface area contributed by atoms with Crippen molar-refractivity contribution >= 4 is 45.4 Å². The summed E-state index contributed by atoms with van der Waals surface area (Å²) in [5.41, 5.74) is 2.08. The van der Waals surface area contributed by atoms with E-state index in [0.29, 0.717) is 21.5 Å². The summed E-state index contributed by atoms with van der Waals surface area (Å²) >= 11 is 7.14. The largest absolute Gasteiger partial charge is 0.387 e. The van der Waals surface area contributed by atoms with Crippen molar-refractivity contribution in [2.45, 2.75) is 0 Å². The minimum absolute atomic E-state index is 0.157. The molecule has 0 aliphatic heterocycles. The Kier molecular flexibility index (Phi) is 5.15. The molecule has 1 amide bonds. The summed E-state index contributed by atoms with van der Waals surface area (Å²) in [5, 5.41) is 19.3. The van der Waals surface area contributed by atoms with Crippen LogP contribution in [0, 0.1) is 10.1 Å². The molecule has 2 aromatic carbocycles. The van der Waals surface area contributed by atoms with Gasteiger partial charge in [0.15, 0.2) is 5.13 Å². The molecule has 26 heavy (non-hydrogen) atoms. The molecule has 0 spiro atoms. The third-order valence-corrected chi connectivity index (χ3v) is 4.60. The fourth-order valence-corrected chi connectivity index (χ4v) is 3.14. The second-order valence-electron chi connectivity index (χ2n) is 5.24. The lowest BCUT2D eigenvalue weighted by molar-refractivity contribution is -0.384. The van der Waals surface area contributed by atoms with Crippen LogP contribution >= 0.6 is 22.9 Å². The maximum atomic E-state index is 12.5. The van der Waals surface area contributed by atoms with Crippen LogP contribution in [0.1, 0.15) is 10.4 Å². The van der Waals surface area contributed by atoms with Crippen LogP contribution in [0.4, 0.5) is 16.5 Å². The first-order valence-electron chi connectivity index (χ1n) is 7.47. The van der Waals surface area contributed by atoms with Crippen LogP contribution in [0.25, 0.3) is 11.3 Å². The Morgan fingerprint density at radius 1 is 1.23 bits per heavy atom. The molecular formula is C17H13ClN4O3S. The monoisotopic (exact) mass is 388 g/mol. The number of aromatic nitrogens is 1. The summed E-state index contributed by atoms with van der Waals surface area (Å²) in [6.07, 6.45) is 0. The van der Waals surface area contributed by atoms with E-state index in [1.54, 1.807) is 19.2 Å². The van der Waals surface area contributed by atoms with Crippen molar-refractivity contribution in [3.63, 3.8) is 0 Å². The van der Waals surface area contributed by atoms with E-state index in [9.17, 15) is 14.9 Å². The van der Waals surface area contributed by atoms with E-state index in [1.807, 2.05) is 17.5 Å². The average molecular weight is 389 g/mol. The zero-order chi connectivity index (χ0) is 18.7. The first kappa shape index (κ1) is 17.8. The normalized spacial score (nSPS) is 10.4. The first-order chi connectivity index (χ1) is 12.5. The molecule has 0 fully saturated rings. The van der Waals surface area contributed by atoms with Crippen LogP contribution in [0.15, 0.2) is 47.8 Å². The lowest BCUT2D eigenvalue weighted by Gasteiger charge is -2.08. The number of hydrogen-bond acceptors (Lipinski definition) is 6. The van der Waals surface area contributed by atoms with Crippen LogP contribution in [0.5, 0.6) is 0 Å². The molecule has 1 heterocycles. The van der Waals surface area contributed by atoms with Gasteiger partial charge in [-0.15, -0.1) is 11.3 Å². The highest BCUT2D eigenvalue weighted by molar-refractivity contribution is 7.14. The number of nitro groups is 1. The van der Waals surface area contributed by atoms with Gasteiger partial charge in [-0.2, -0.15) is 0 Å². The number of thiazole rings is 1. The molecular weight excluding hydrogens is 376 g/mol. The summed E-state index contributed by atoms with van der Waals surface area (Å²) in [6, 6.07) is 11.3. The second-order valence-corrected chi connectivity index (χ2v) is 6.53. The van der Waals surface area contributed by atoms with E-state index >= 15 is 0 Å². The summed E-state index contributed by atoms with van der Waals surface area (Å²) in [4.78, 5) is 27.3. The van der Waals surface area contributed by atoms with Gasteiger partial charge in [0.1, 0.15) is 0 Å². The van der Waals surface area contributed by atoms with Crippen molar-refractivity contribution in [1.29, 1.82) is 0 Å². The molecule has 9 heteroatoms. The molecule has 0 saturated heterocycles. The Labute approximate surface area is 157 Å². The molecule has 0 radical (unpaired) electrons. The predicted molar refractivity (Wildman–Crippen MR) is 103 cm³/mol. The average Bonchev–Trinajstić information content (AvgIpc) is 3.10. The lowest BCUT2D eigenvalue weighted by atomic mass is 10.1. The molecule has 3 rings (SSSR count). The number of rotatable bonds is 5. The van der Waals surface area contributed by atoms with Gasteiger partial charge >= 0.3 is 0 Å². The maximum Gasteiger partial charge on any atom is 0.270 e. The summed E-state index contributed by atoms with van der Waals surface area (Å²) in [5.74, 6) is -0.477. The Balaban J connectivity index is 1.83. The predicted octanol–water partition coefficient (Wildman–Crippen LogP) is 4.67. The lowest BCUT2D eigenvalue weighted by Crippen LogP contribution is -2.14. The second kappa shape index (κ2) is 7.51. The van der Waals surface area contributed by atoms with Crippen LogP contribution < -0.4 is 10.6 Å². The Morgan fingerprint density at radius 3 is 2.62 bits per heavy atom. The number of hydrogen-bond donors (Lipinski definition) is 2. The number of nitro benzene ring substituents is 1. The smallest absolute Gasteiger partial charge is 0.270 e. The van der Waals surface area contributed by atoms with Crippen molar-refractivity contribution in [3.05, 3.63) is 68.5 Å². The summed E-state index contributed by atoms with van der Waals surface area (Å²) in [7, 11) is 1.64. The van der Waals surface area contributed by atoms with Crippen LogP contribution in [-0.2, 0) is 0 Å². The van der Waals surface area contributed by atoms with Crippen LogP contribution in [0.3, 0.4) is 0 Å². The molecule has 7 nitrogen and oxygen atoms in total. The zero-order valence-electron chi connectivity index (χ0n) is 13.5. The third kappa shape index (κ3) is 3.81. The molecule has 3 aromatic rings. The van der Waals surface area contributed by atoms with Crippen LogP contribution in [0.2, 0.25) is 5.02 Å². The Bertz CT molecular complexity index is 972. The number of carbonyl (C=O) groups is 1. The van der Waals surface area contributed by atoms with E-state index in [-0.39, 0.29) is 11.3 Å². The molecule has 0 saturated carbocycles. The standard InChI is InChI=1S/C17H13ClN4O3S/c1-19-14-7-6-12(22(24)25)8-13(14)16(23)21-17-20-15(9-26-17)10-2-4-11(18)5-3-10/h2-9,19H,1H3,(H,20,21,23). The quantitative estimate of drug-likeness (QED) is 0.489. The molecule has 2 N–H and O–H groups in total. The van der Waals surface area contributed by atoms with Gasteiger partial charge in [0.25, 0.3) is 11.6 Å². The number of nitrogens with zero attached hydrogens (tertiary/aromatic N) is 2. The van der Waals surface area contributed by atoms with Crippen molar-refractivity contribution in [2.75, 3.05) is 17.7 Å². The van der Waals surface area contributed by atoms with Gasteiger partial charge in [0.05, 0.1) is 16.2 Å². The van der Waals surface area contributed by atoms with Crippen LogP contribution in [-0.4, -0.2) is 22.9 Å². The fourth-order valence-electron chi connectivity index (χ4n) is 2.30. The van der Waals surface area contributed by atoms with E-state index in [1.165, 1.54) is 29.5 Å². The van der Waals surface area contributed by atoms with Gasteiger partial charge in [-0.3, -0.25) is 20.2 Å². The summed E-state index contributed by atoms with van der Waals surface area (Å²) < 4.78 is 0. The molecule has 0 aliphatic carbocycles. The van der Waals surface area contributed by atoms with E-state index in [2.05, 4.69) is 15.6 Å². The third-order valence-electron chi connectivity index (χ3n) is 3.59. The molecule has 0 aliphatic rings. The van der Waals surface area contributed by atoms with Crippen molar-refractivity contribution in [1.82, 2.24) is 4.98 Å². The molecule has 132 valence electrons. The van der Waals surface area contributed by atoms with E-state index < -0.39 is 10.8 Å². The number of amides is 1. The SMILES string of the molecule is CNc1ccc([N+](=O)[O-])cc1C(=O)Nc1nc(-c2ccc(Cl)cc2)cs1. The Hall–Kier alpha value is -2.97. The summed E-state index contributed by atoms with van der Waals surface area (Å²) in [6.45, 7) is 0. The van der Waals surface area contributed by atoms with Crippen molar-refractivity contribution in [2.24, 2.45) is 0 Å². The zero-order valence-corrected chi connectivity index (χ0v) is 15.1. The molecule has 0 bridgehead atoms. The highest BCUT2D eigenvalue weighted by Gasteiger charge is 2.17. The number of non-ortho nitro benzene ring substituents is 1. The van der Waals surface area contributed by atoms with Gasteiger partial charge in [-0.25, -0.2) is 4.98 Å². The minimum Gasteiger partial charge on any atom is -0.387 e.